The van der Waals surface area contributed by atoms with Crippen LogP contribution in [0.5, 0.6) is 0 Å². The van der Waals surface area contributed by atoms with Gasteiger partial charge in [0, 0.05) is 22.6 Å². The van der Waals surface area contributed by atoms with E-state index in [1.54, 1.807) is 21.7 Å². The summed E-state index contributed by atoms with van der Waals surface area (Å²) in [6.45, 7) is 10.2. The summed E-state index contributed by atoms with van der Waals surface area (Å²) >= 11 is 1.39. The molecule has 37 heavy (non-hydrogen) atoms. The summed E-state index contributed by atoms with van der Waals surface area (Å²) in [7, 11) is 0. The lowest BCUT2D eigenvalue weighted by atomic mass is 9.87. The normalized spacial score (nSPS) is 17.9. The highest BCUT2D eigenvalue weighted by atomic mass is 32.2. The number of benzene rings is 2. The number of carbonyl (C=O) groups is 2. The van der Waals surface area contributed by atoms with E-state index in [0.29, 0.717) is 11.4 Å². The van der Waals surface area contributed by atoms with Gasteiger partial charge in [0.2, 0.25) is 11.8 Å². The zero-order valence-corrected chi connectivity index (χ0v) is 22.8. The minimum absolute atomic E-state index is 0.104. The van der Waals surface area contributed by atoms with E-state index in [9.17, 15) is 9.59 Å². The highest BCUT2D eigenvalue weighted by Gasteiger charge is 2.41. The third-order valence-electron chi connectivity index (χ3n) is 6.81. The van der Waals surface area contributed by atoms with E-state index < -0.39 is 10.7 Å². The van der Waals surface area contributed by atoms with Gasteiger partial charge in [0.1, 0.15) is 18.2 Å². The number of amides is 2. The SMILES string of the molecule is Cc1ccc(-n2nc(C(C)(C)C)c3c2N(CC(=O)NC2CC2)C(=O)CSC3c2ccccc2F)c(C)c1. The van der Waals surface area contributed by atoms with Gasteiger partial charge < -0.3 is 5.32 Å². The molecule has 3 aromatic rings. The van der Waals surface area contributed by atoms with Gasteiger partial charge in [0.25, 0.3) is 0 Å². The molecule has 1 aliphatic carbocycles. The van der Waals surface area contributed by atoms with Crippen molar-refractivity contribution in [1.82, 2.24) is 15.1 Å². The number of nitrogens with one attached hydrogen (secondary N) is 1. The monoisotopic (exact) mass is 520 g/mol. The first-order chi connectivity index (χ1) is 17.5. The van der Waals surface area contributed by atoms with Crippen molar-refractivity contribution >= 4 is 29.4 Å². The molecule has 1 aromatic heterocycles. The molecule has 8 heteroatoms. The van der Waals surface area contributed by atoms with Crippen LogP contribution in [0.15, 0.2) is 42.5 Å². The zero-order valence-electron chi connectivity index (χ0n) is 22.0. The summed E-state index contributed by atoms with van der Waals surface area (Å²) in [5.41, 5.74) is 4.63. The number of halogens is 1. The van der Waals surface area contributed by atoms with Crippen molar-refractivity contribution in [3.05, 3.63) is 76.2 Å². The molecular formula is C29H33FN4O2S. The highest BCUT2D eigenvalue weighted by molar-refractivity contribution is 8.00. The van der Waals surface area contributed by atoms with Gasteiger partial charge in [-0.05, 0) is 44.4 Å². The van der Waals surface area contributed by atoms with Crippen LogP contribution >= 0.6 is 11.8 Å². The quantitative estimate of drug-likeness (QED) is 0.491. The number of anilines is 1. The van der Waals surface area contributed by atoms with Crippen LogP contribution in [0.4, 0.5) is 10.2 Å². The molecule has 2 heterocycles. The van der Waals surface area contributed by atoms with Gasteiger partial charge in [-0.15, -0.1) is 11.8 Å². The molecule has 1 N–H and O–H groups in total. The summed E-state index contributed by atoms with van der Waals surface area (Å²) in [5.74, 6) is -0.0336. The minimum Gasteiger partial charge on any atom is -0.352 e. The Bertz CT molecular complexity index is 1370. The van der Waals surface area contributed by atoms with Crippen LogP contribution in [0.3, 0.4) is 0 Å². The molecule has 0 saturated heterocycles. The van der Waals surface area contributed by atoms with Crippen LogP contribution in [0.1, 0.15) is 66.8 Å². The number of hydrogen-bond donors (Lipinski definition) is 1. The average Bonchev–Trinajstić information content (AvgIpc) is 3.56. The van der Waals surface area contributed by atoms with Crippen LogP contribution in [-0.2, 0) is 15.0 Å². The molecule has 2 aliphatic rings. The van der Waals surface area contributed by atoms with Gasteiger partial charge in [0.15, 0.2) is 0 Å². The first kappa shape index (κ1) is 25.5. The lowest BCUT2D eigenvalue weighted by molar-refractivity contribution is -0.123. The molecule has 1 atom stereocenters. The van der Waals surface area contributed by atoms with Crippen molar-refractivity contribution in [3.63, 3.8) is 0 Å². The average molecular weight is 521 g/mol. The molecular weight excluding hydrogens is 487 g/mol. The third-order valence-corrected chi connectivity index (χ3v) is 8.05. The van der Waals surface area contributed by atoms with Gasteiger partial charge in [-0.1, -0.05) is 56.7 Å². The Morgan fingerprint density at radius 3 is 2.54 bits per heavy atom. The zero-order chi connectivity index (χ0) is 26.5. The smallest absolute Gasteiger partial charge is 0.240 e. The second kappa shape index (κ2) is 9.63. The molecule has 1 aliphatic heterocycles. The Kier molecular flexibility index (Phi) is 6.64. The predicted octanol–water partition coefficient (Wildman–Crippen LogP) is 5.37. The molecule has 0 radical (unpaired) electrons. The number of carbonyl (C=O) groups excluding carboxylic acids is 2. The summed E-state index contributed by atoms with van der Waals surface area (Å²) in [6.07, 6.45) is 1.93. The minimum atomic E-state index is -0.453. The molecule has 1 fully saturated rings. The van der Waals surface area contributed by atoms with E-state index in [4.69, 9.17) is 5.10 Å². The van der Waals surface area contributed by atoms with E-state index in [1.807, 2.05) is 32.0 Å². The van der Waals surface area contributed by atoms with Gasteiger partial charge in [-0.25, -0.2) is 9.07 Å². The molecule has 6 nitrogen and oxygen atoms in total. The van der Waals surface area contributed by atoms with Crippen molar-refractivity contribution in [2.75, 3.05) is 17.2 Å². The summed E-state index contributed by atoms with van der Waals surface area (Å²) in [6, 6.07) is 13.0. The van der Waals surface area contributed by atoms with Crippen molar-refractivity contribution < 1.29 is 14.0 Å². The fourth-order valence-electron chi connectivity index (χ4n) is 4.86. The number of nitrogens with zero attached hydrogens (tertiary/aromatic N) is 3. The Hall–Kier alpha value is -3.13. The maximum atomic E-state index is 15.2. The summed E-state index contributed by atoms with van der Waals surface area (Å²) in [4.78, 5) is 28.2. The van der Waals surface area contributed by atoms with Crippen molar-refractivity contribution in [3.8, 4) is 5.69 Å². The molecule has 5 rings (SSSR count). The Morgan fingerprint density at radius 2 is 1.89 bits per heavy atom. The standard InChI is InChI=1S/C29H33FN4O2S/c1-17-10-13-22(18(2)14-17)34-28-25(27(32-34)29(3,4)5)26(20-8-6-7-9-21(20)30)37-16-24(36)33(28)15-23(35)31-19-11-12-19/h6-10,13-14,19,26H,11-12,15-16H2,1-5H3,(H,31,35). The van der Waals surface area contributed by atoms with Gasteiger partial charge in [-0.3, -0.25) is 14.5 Å². The Labute approximate surface area is 221 Å². The van der Waals surface area contributed by atoms with Gasteiger partial charge in [0.05, 0.1) is 22.4 Å². The number of hydrogen-bond acceptors (Lipinski definition) is 4. The van der Waals surface area contributed by atoms with Gasteiger partial charge >= 0.3 is 0 Å². The largest absolute Gasteiger partial charge is 0.352 e. The lowest BCUT2D eigenvalue weighted by Crippen LogP contribution is -2.43. The van der Waals surface area contributed by atoms with Crippen LogP contribution in [0, 0.1) is 19.7 Å². The van der Waals surface area contributed by atoms with Crippen LogP contribution in [0.25, 0.3) is 5.69 Å². The molecule has 2 amide bonds. The maximum absolute atomic E-state index is 15.2. The molecule has 1 saturated carbocycles. The number of fused-ring (bicyclic) bond motifs is 1. The summed E-state index contributed by atoms with van der Waals surface area (Å²) < 4.78 is 17.0. The first-order valence-corrected chi connectivity index (χ1v) is 13.8. The topological polar surface area (TPSA) is 67.2 Å². The summed E-state index contributed by atoms with van der Waals surface area (Å²) in [5, 5.41) is 7.65. The van der Waals surface area contributed by atoms with E-state index in [0.717, 1.165) is 40.9 Å². The second-order valence-corrected chi connectivity index (χ2v) is 12.2. The number of aromatic nitrogens is 2. The van der Waals surface area contributed by atoms with Gasteiger partial charge in [-0.2, -0.15) is 5.10 Å². The molecule has 0 bridgehead atoms. The van der Waals surface area contributed by atoms with Crippen LogP contribution < -0.4 is 10.2 Å². The van der Waals surface area contributed by atoms with E-state index in [-0.39, 0.29) is 36.0 Å². The van der Waals surface area contributed by atoms with E-state index in [1.165, 1.54) is 17.8 Å². The highest BCUT2D eigenvalue weighted by Crippen LogP contribution is 2.49. The third kappa shape index (κ3) is 5.04. The number of aryl methyl sites for hydroxylation is 2. The number of thioether (sulfide) groups is 1. The van der Waals surface area contributed by atoms with E-state index in [2.05, 4.69) is 32.2 Å². The van der Waals surface area contributed by atoms with Crippen molar-refractivity contribution in [2.24, 2.45) is 0 Å². The molecule has 194 valence electrons. The second-order valence-electron chi connectivity index (χ2n) is 11.1. The molecule has 2 aromatic carbocycles. The Balaban J connectivity index is 1.78. The molecule has 0 spiro atoms. The Morgan fingerprint density at radius 1 is 1.16 bits per heavy atom. The number of rotatable bonds is 5. The molecule has 1 unspecified atom stereocenters. The van der Waals surface area contributed by atoms with Crippen molar-refractivity contribution in [1.29, 1.82) is 0 Å². The fourth-order valence-corrected chi connectivity index (χ4v) is 6.08. The van der Waals surface area contributed by atoms with Crippen LogP contribution in [0.2, 0.25) is 0 Å². The maximum Gasteiger partial charge on any atom is 0.240 e. The predicted molar refractivity (Wildman–Crippen MR) is 146 cm³/mol. The van der Waals surface area contributed by atoms with Crippen molar-refractivity contribution in [2.45, 2.75) is 64.2 Å². The first-order valence-electron chi connectivity index (χ1n) is 12.7. The van der Waals surface area contributed by atoms with E-state index >= 15 is 4.39 Å². The van der Waals surface area contributed by atoms with Crippen LogP contribution in [-0.4, -0.2) is 39.9 Å². The fraction of sp³-hybridized carbons (Fsp3) is 0.414. The lowest BCUT2D eigenvalue weighted by Gasteiger charge is -2.25.